The van der Waals surface area contributed by atoms with Crippen LogP contribution in [0, 0.1) is 0 Å². The summed E-state index contributed by atoms with van der Waals surface area (Å²) in [4.78, 5) is 53.4. The highest BCUT2D eigenvalue weighted by Gasteiger charge is 2.24. The Balaban J connectivity index is 1.48. The van der Waals surface area contributed by atoms with Gasteiger partial charge in [-0.05, 0) is 36.6 Å². The summed E-state index contributed by atoms with van der Waals surface area (Å²) in [5.41, 5.74) is 6.63. The van der Waals surface area contributed by atoms with E-state index in [1.807, 2.05) is 30.3 Å². The predicted molar refractivity (Wildman–Crippen MR) is 130 cm³/mol. The third-order valence-corrected chi connectivity index (χ3v) is 5.48. The van der Waals surface area contributed by atoms with Crippen LogP contribution < -0.4 is 32.5 Å². The summed E-state index contributed by atoms with van der Waals surface area (Å²) in [6, 6.07) is 16.1. The minimum Gasteiger partial charge on any atom is -0.383 e. The van der Waals surface area contributed by atoms with Crippen molar-refractivity contribution in [3.05, 3.63) is 86.6 Å². The smallest absolute Gasteiger partial charge is 0.330 e. The zero-order valence-electron chi connectivity index (χ0n) is 18.7. The zero-order valence-corrected chi connectivity index (χ0v) is 18.7. The van der Waals surface area contributed by atoms with Crippen LogP contribution in [0.15, 0.2) is 64.2 Å². The topological polar surface area (TPSA) is 142 Å². The van der Waals surface area contributed by atoms with Gasteiger partial charge in [-0.1, -0.05) is 36.4 Å². The van der Waals surface area contributed by atoms with E-state index in [-0.39, 0.29) is 36.5 Å². The van der Waals surface area contributed by atoms with E-state index >= 15 is 0 Å². The van der Waals surface area contributed by atoms with Gasteiger partial charge in [-0.3, -0.25) is 23.9 Å². The van der Waals surface area contributed by atoms with Crippen LogP contribution in [0.3, 0.4) is 0 Å². The highest BCUT2D eigenvalue weighted by molar-refractivity contribution is 5.98. The quantitative estimate of drug-likeness (QED) is 0.395. The Kier molecular flexibility index (Phi) is 6.48. The number of nitrogens with zero attached hydrogens (tertiary/aromatic N) is 2. The molecule has 1 aliphatic carbocycles. The minimum atomic E-state index is -0.680. The maximum Gasteiger partial charge on any atom is 0.330 e. The average molecular weight is 463 g/mol. The maximum absolute atomic E-state index is 12.7. The fourth-order valence-electron chi connectivity index (χ4n) is 3.60. The molecular weight excluding hydrogens is 436 g/mol. The second-order valence-corrected chi connectivity index (χ2v) is 8.30. The molecule has 0 unspecified atom stereocenters. The third kappa shape index (κ3) is 5.34. The van der Waals surface area contributed by atoms with Crippen LogP contribution in [0.4, 0.5) is 17.2 Å². The van der Waals surface area contributed by atoms with Crippen molar-refractivity contribution >= 4 is 29.0 Å². The number of hydrogen-bond donors (Lipinski definition) is 4. The average Bonchev–Trinajstić information content (AvgIpc) is 3.61. The van der Waals surface area contributed by atoms with Crippen LogP contribution in [0.5, 0.6) is 0 Å². The normalized spacial score (nSPS) is 12.7. The second kappa shape index (κ2) is 9.65. The summed E-state index contributed by atoms with van der Waals surface area (Å²) in [5, 5.41) is 5.63. The van der Waals surface area contributed by atoms with Crippen molar-refractivity contribution in [2.45, 2.75) is 25.4 Å². The number of rotatable bonds is 8. The fourth-order valence-corrected chi connectivity index (χ4v) is 3.60. The highest BCUT2D eigenvalue weighted by atomic mass is 16.2. The first-order chi connectivity index (χ1) is 16.3. The fraction of sp³-hybridized carbons (Fsp3) is 0.250. The van der Waals surface area contributed by atoms with E-state index in [1.165, 1.54) is 16.5 Å². The van der Waals surface area contributed by atoms with Crippen molar-refractivity contribution in [2.24, 2.45) is 0 Å². The number of carbonyl (C=O) groups is 2. The van der Waals surface area contributed by atoms with Crippen molar-refractivity contribution in [3.8, 4) is 0 Å². The molecule has 1 heterocycles. The molecule has 0 saturated heterocycles. The van der Waals surface area contributed by atoms with Gasteiger partial charge in [0, 0.05) is 24.3 Å². The molecule has 4 rings (SSSR count). The van der Waals surface area contributed by atoms with Crippen LogP contribution in [0.2, 0.25) is 0 Å². The van der Waals surface area contributed by atoms with Crippen LogP contribution in [-0.4, -0.2) is 41.0 Å². The first kappa shape index (κ1) is 22.8. The molecule has 0 bridgehead atoms. The van der Waals surface area contributed by atoms with Gasteiger partial charge in [0.1, 0.15) is 11.5 Å². The first-order valence-electron chi connectivity index (χ1n) is 10.9. The van der Waals surface area contributed by atoms with Crippen LogP contribution in [0.1, 0.15) is 28.8 Å². The molecule has 3 aromatic rings. The second-order valence-electron chi connectivity index (χ2n) is 8.30. The van der Waals surface area contributed by atoms with Crippen molar-refractivity contribution in [1.82, 2.24) is 14.9 Å². The van der Waals surface area contributed by atoms with E-state index in [1.54, 1.807) is 24.3 Å². The Morgan fingerprint density at radius 2 is 1.85 bits per heavy atom. The number of aromatic amines is 1. The lowest BCUT2D eigenvalue weighted by atomic mass is 10.2. The van der Waals surface area contributed by atoms with Gasteiger partial charge < -0.3 is 21.3 Å². The molecule has 10 heteroatoms. The lowest BCUT2D eigenvalue weighted by Crippen LogP contribution is -2.39. The molecule has 0 spiro atoms. The zero-order chi connectivity index (χ0) is 24.2. The molecular formula is C24H26N6O4. The standard InChI is InChI=1S/C24H26N6O4/c1-29(14-19(31)26-18-9-5-8-16(12-18)22(32)27-17-10-11-17)20-21(25)30(24(34)28-23(20)33)13-15-6-3-2-4-7-15/h2-9,12,17H,10-11,13-14,25H2,1H3,(H,26,31)(H,27,32)(H,28,33,34). The molecule has 34 heavy (non-hydrogen) atoms. The summed E-state index contributed by atoms with van der Waals surface area (Å²) in [7, 11) is 1.54. The number of benzene rings is 2. The summed E-state index contributed by atoms with van der Waals surface area (Å²) in [5.74, 6) is -0.635. The van der Waals surface area contributed by atoms with Gasteiger partial charge in [0.25, 0.3) is 11.5 Å². The van der Waals surface area contributed by atoms with Crippen LogP contribution in [0.25, 0.3) is 0 Å². The van der Waals surface area contributed by atoms with E-state index in [9.17, 15) is 19.2 Å². The van der Waals surface area contributed by atoms with Crippen molar-refractivity contribution in [1.29, 1.82) is 0 Å². The largest absolute Gasteiger partial charge is 0.383 e. The third-order valence-electron chi connectivity index (χ3n) is 5.48. The van der Waals surface area contributed by atoms with Gasteiger partial charge in [0.05, 0.1) is 13.1 Å². The number of H-pyrrole nitrogens is 1. The molecule has 1 aliphatic rings. The molecule has 0 atom stereocenters. The number of aromatic nitrogens is 2. The molecule has 0 aliphatic heterocycles. The Bertz CT molecular complexity index is 1330. The minimum absolute atomic E-state index is 0.0169. The van der Waals surface area contributed by atoms with Gasteiger partial charge in [0.15, 0.2) is 0 Å². The number of anilines is 3. The predicted octanol–water partition coefficient (Wildman–Crippen LogP) is 1.13. The molecule has 176 valence electrons. The van der Waals surface area contributed by atoms with Crippen LogP contribution >= 0.6 is 0 Å². The Hall–Kier alpha value is -4.34. The highest BCUT2D eigenvalue weighted by Crippen LogP contribution is 2.20. The number of nitrogen functional groups attached to an aromatic ring is 1. The molecule has 1 fully saturated rings. The molecule has 1 saturated carbocycles. The van der Waals surface area contributed by atoms with Crippen LogP contribution in [-0.2, 0) is 11.3 Å². The molecule has 2 amide bonds. The number of likely N-dealkylation sites (N-methyl/N-ethyl adjacent to an activating group) is 1. The molecule has 0 radical (unpaired) electrons. The van der Waals surface area contributed by atoms with Gasteiger partial charge in [0.2, 0.25) is 5.91 Å². The first-order valence-corrected chi connectivity index (χ1v) is 10.9. The number of amides is 2. The molecule has 2 aromatic carbocycles. The van der Waals surface area contributed by atoms with Gasteiger partial charge in [-0.15, -0.1) is 0 Å². The van der Waals surface area contributed by atoms with E-state index in [2.05, 4.69) is 15.6 Å². The summed E-state index contributed by atoms with van der Waals surface area (Å²) in [6.45, 7) is -0.0274. The van der Waals surface area contributed by atoms with Crippen molar-refractivity contribution in [2.75, 3.05) is 29.5 Å². The lowest BCUT2D eigenvalue weighted by Gasteiger charge is -2.21. The molecule has 10 nitrogen and oxygen atoms in total. The van der Waals surface area contributed by atoms with Gasteiger partial charge in [-0.25, -0.2) is 4.79 Å². The number of hydrogen-bond acceptors (Lipinski definition) is 6. The molecule has 1 aromatic heterocycles. The number of nitrogens with two attached hydrogens (primary N) is 1. The Morgan fingerprint density at radius 3 is 2.56 bits per heavy atom. The Labute approximate surface area is 195 Å². The lowest BCUT2D eigenvalue weighted by molar-refractivity contribution is -0.114. The molecule has 5 N–H and O–H groups in total. The monoisotopic (exact) mass is 462 g/mol. The van der Waals surface area contributed by atoms with E-state index in [0.29, 0.717) is 11.3 Å². The SMILES string of the molecule is CN(CC(=O)Nc1cccc(C(=O)NC2CC2)c1)c1c(N)n(Cc2ccccc2)c(=O)[nH]c1=O. The Morgan fingerprint density at radius 1 is 1.12 bits per heavy atom. The van der Waals surface area contributed by atoms with Crippen molar-refractivity contribution in [3.63, 3.8) is 0 Å². The maximum atomic E-state index is 12.7. The summed E-state index contributed by atoms with van der Waals surface area (Å²) >= 11 is 0. The van der Waals surface area contributed by atoms with Crippen molar-refractivity contribution < 1.29 is 9.59 Å². The van der Waals surface area contributed by atoms with Gasteiger partial charge >= 0.3 is 5.69 Å². The van der Waals surface area contributed by atoms with Gasteiger partial charge in [-0.2, -0.15) is 0 Å². The summed E-state index contributed by atoms with van der Waals surface area (Å²) in [6.07, 6.45) is 1.96. The van der Waals surface area contributed by atoms with E-state index in [4.69, 9.17) is 5.73 Å². The van der Waals surface area contributed by atoms with E-state index in [0.717, 1.165) is 18.4 Å². The number of carbonyl (C=O) groups excluding carboxylic acids is 2. The summed E-state index contributed by atoms with van der Waals surface area (Å²) < 4.78 is 1.25. The number of nitrogens with one attached hydrogen (secondary N) is 3. The van der Waals surface area contributed by atoms with E-state index < -0.39 is 17.2 Å².